The molecule has 0 bridgehead atoms. The first-order chi connectivity index (χ1) is 7.69. The fraction of sp³-hybridized carbons (Fsp3) is 0.429. The van der Waals surface area contributed by atoms with Crippen LogP contribution >= 0.6 is 0 Å². The highest BCUT2D eigenvalue weighted by molar-refractivity contribution is 5.38. The molecule has 0 amide bonds. The van der Waals surface area contributed by atoms with Crippen molar-refractivity contribution >= 4 is 0 Å². The van der Waals surface area contributed by atoms with Crippen molar-refractivity contribution in [1.82, 2.24) is 0 Å². The van der Waals surface area contributed by atoms with Gasteiger partial charge in [0.1, 0.15) is 5.75 Å². The standard InChI is InChI=1S/C14H20O2/c1-4-5-6-7-13(15)12-9-8-11(2)10-14(12)16-3/h4,8-10,13,15H,1,5-7H2,2-3H3. The summed E-state index contributed by atoms with van der Waals surface area (Å²) in [7, 11) is 1.63. The molecule has 0 aromatic heterocycles. The summed E-state index contributed by atoms with van der Waals surface area (Å²) in [5.41, 5.74) is 2.01. The molecule has 0 aliphatic rings. The second-order valence-electron chi connectivity index (χ2n) is 3.98. The number of aryl methyl sites for hydroxylation is 1. The van der Waals surface area contributed by atoms with Crippen LogP contribution in [0.3, 0.4) is 0 Å². The minimum atomic E-state index is -0.449. The zero-order valence-corrected chi connectivity index (χ0v) is 10.1. The lowest BCUT2D eigenvalue weighted by Gasteiger charge is -2.15. The van der Waals surface area contributed by atoms with Gasteiger partial charge in [0.2, 0.25) is 0 Å². The predicted octanol–water partition coefficient (Wildman–Crippen LogP) is 3.39. The van der Waals surface area contributed by atoms with Crippen LogP contribution in [0.4, 0.5) is 0 Å². The first-order valence-electron chi connectivity index (χ1n) is 5.62. The Kier molecular flexibility index (Phi) is 5.06. The van der Waals surface area contributed by atoms with E-state index in [4.69, 9.17) is 4.74 Å². The Morgan fingerprint density at radius 1 is 1.50 bits per heavy atom. The molecular weight excluding hydrogens is 200 g/mol. The van der Waals surface area contributed by atoms with Crippen LogP contribution in [0.25, 0.3) is 0 Å². The zero-order chi connectivity index (χ0) is 12.0. The third-order valence-corrected chi connectivity index (χ3v) is 2.63. The summed E-state index contributed by atoms with van der Waals surface area (Å²) >= 11 is 0. The van der Waals surface area contributed by atoms with Gasteiger partial charge in [-0.3, -0.25) is 0 Å². The summed E-state index contributed by atoms with van der Waals surface area (Å²) < 4.78 is 5.27. The maximum atomic E-state index is 10.0. The molecule has 1 aromatic rings. The van der Waals surface area contributed by atoms with Crippen molar-refractivity contribution in [2.24, 2.45) is 0 Å². The van der Waals surface area contributed by atoms with Crippen molar-refractivity contribution in [1.29, 1.82) is 0 Å². The van der Waals surface area contributed by atoms with Crippen LogP contribution < -0.4 is 4.74 Å². The average molecular weight is 220 g/mol. The summed E-state index contributed by atoms with van der Waals surface area (Å²) in [6.45, 7) is 5.68. The number of methoxy groups -OCH3 is 1. The van der Waals surface area contributed by atoms with E-state index < -0.39 is 6.10 Å². The number of aliphatic hydroxyl groups is 1. The van der Waals surface area contributed by atoms with Crippen LogP contribution in [0.5, 0.6) is 5.75 Å². The number of hydrogen-bond donors (Lipinski definition) is 1. The molecule has 0 saturated carbocycles. The Labute approximate surface area is 97.6 Å². The molecule has 88 valence electrons. The lowest BCUT2D eigenvalue weighted by molar-refractivity contribution is 0.161. The normalized spacial score (nSPS) is 12.2. The highest BCUT2D eigenvalue weighted by atomic mass is 16.5. The molecule has 2 nitrogen and oxygen atoms in total. The molecule has 1 atom stereocenters. The van der Waals surface area contributed by atoms with Crippen molar-refractivity contribution in [3.8, 4) is 5.75 Å². The molecule has 1 N–H and O–H groups in total. The quantitative estimate of drug-likeness (QED) is 0.588. The largest absolute Gasteiger partial charge is 0.496 e. The molecule has 1 unspecified atom stereocenters. The van der Waals surface area contributed by atoms with Crippen LogP contribution in [0.2, 0.25) is 0 Å². The number of ether oxygens (including phenoxy) is 1. The zero-order valence-electron chi connectivity index (χ0n) is 10.1. The van der Waals surface area contributed by atoms with Crippen molar-refractivity contribution in [3.63, 3.8) is 0 Å². The number of hydrogen-bond acceptors (Lipinski definition) is 2. The summed E-state index contributed by atoms with van der Waals surface area (Å²) in [5, 5.41) is 10.0. The summed E-state index contributed by atoms with van der Waals surface area (Å²) in [5.74, 6) is 0.770. The van der Waals surface area contributed by atoms with Gasteiger partial charge in [-0.1, -0.05) is 18.2 Å². The van der Waals surface area contributed by atoms with Gasteiger partial charge in [-0.25, -0.2) is 0 Å². The van der Waals surface area contributed by atoms with Gasteiger partial charge < -0.3 is 9.84 Å². The average Bonchev–Trinajstić information content (AvgIpc) is 2.29. The number of benzene rings is 1. The lowest BCUT2D eigenvalue weighted by Crippen LogP contribution is -2.01. The van der Waals surface area contributed by atoms with E-state index in [9.17, 15) is 5.11 Å². The fourth-order valence-electron chi connectivity index (χ4n) is 1.70. The van der Waals surface area contributed by atoms with Gasteiger partial charge in [-0.15, -0.1) is 6.58 Å². The van der Waals surface area contributed by atoms with Gasteiger partial charge in [0.25, 0.3) is 0 Å². The molecule has 2 heteroatoms. The second-order valence-corrected chi connectivity index (χ2v) is 3.98. The molecule has 1 rings (SSSR count). The summed E-state index contributed by atoms with van der Waals surface area (Å²) in [6.07, 6.45) is 4.05. The number of unbranched alkanes of at least 4 members (excludes halogenated alkanes) is 1. The number of allylic oxidation sites excluding steroid dienone is 1. The first-order valence-corrected chi connectivity index (χ1v) is 5.62. The first kappa shape index (κ1) is 12.8. The molecule has 0 aliphatic heterocycles. The molecule has 0 fully saturated rings. The third-order valence-electron chi connectivity index (χ3n) is 2.63. The Morgan fingerprint density at radius 3 is 2.88 bits per heavy atom. The molecule has 0 aliphatic carbocycles. The topological polar surface area (TPSA) is 29.5 Å². The lowest BCUT2D eigenvalue weighted by atomic mass is 10.0. The van der Waals surface area contributed by atoms with Crippen LogP contribution in [0, 0.1) is 6.92 Å². The highest BCUT2D eigenvalue weighted by Crippen LogP contribution is 2.29. The van der Waals surface area contributed by atoms with E-state index in [-0.39, 0.29) is 0 Å². The Morgan fingerprint density at radius 2 is 2.25 bits per heavy atom. The van der Waals surface area contributed by atoms with E-state index in [0.29, 0.717) is 0 Å². The summed E-state index contributed by atoms with van der Waals surface area (Å²) in [4.78, 5) is 0. The van der Waals surface area contributed by atoms with Crippen LogP contribution in [-0.2, 0) is 0 Å². The molecule has 1 aromatic carbocycles. The van der Waals surface area contributed by atoms with Gasteiger partial charge in [0.15, 0.2) is 0 Å². The Bertz CT molecular complexity index is 345. The maximum absolute atomic E-state index is 10.0. The van der Waals surface area contributed by atoms with Crippen molar-refractivity contribution in [3.05, 3.63) is 42.0 Å². The SMILES string of the molecule is C=CCCCC(O)c1ccc(C)cc1OC. The minimum Gasteiger partial charge on any atom is -0.496 e. The Balaban J connectivity index is 2.73. The van der Waals surface area contributed by atoms with Crippen LogP contribution in [-0.4, -0.2) is 12.2 Å². The molecule has 16 heavy (non-hydrogen) atoms. The molecular formula is C14H20O2. The summed E-state index contributed by atoms with van der Waals surface area (Å²) in [6, 6.07) is 5.88. The van der Waals surface area contributed by atoms with E-state index in [2.05, 4.69) is 6.58 Å². The molecule has 0 heterocycles. The van der Waals surface area contributed by atoms with E-state index >= 15 is 0 Å². The predicted molar refractivity (Wildman–Crippen MR) is 66.7 cm³/mol. The maximum Gasteiger partial charge on any atom is 0.124 e. The monoisotopic (exact) mass is 220 g/mol. The third kappa shape index (κ3) is 3.38. The number of rotatable bonds is 6. The van der Waals surface area contributed by atoms with E-state index in [1.54, 1.807) is 7.11 Å². The van der Waals surface area contributed by atoms with Crippen molar-refractivity contribution in [2.45, 2.75) is 32.3 Å². The van der Waals surface area contributed by atoms with Gasteiger partial charge in [-0.2, -0.15) is 0 Å². The van der Waals surface area contributed by atoms with E-state index in [0.717, 1.165) is 36.1 Å². The van der Waals surface area contributed by atoms with Crippen molar-refractivity contribution in [2.75, 3.05) is 7.11 Å². The van der Waals surface area contributed by atoms with Crippen LogP contribution in [0.1, 0.15) is 36.5 Å². The fourth-order valence-corrected chi connectivity index (χ4v) is 1.70. The van der Waals surface area contributed by atoms with Gasteiger partial charge in [0, 0.05) is 5.56 Å². The Hall–Kier alpha value is -1.28. The van der Waals surface area contributed by atoms with Gasteiger partial charge in [0.05, 0.1) is 13.2 Å². The second kappa shape index (κ2) is 6.33. The molecule has 0 saturated heterocycles. The van der Waals surface area contributed by atoms with Gasteiger partial charge >= 0.3 is 0 Å². The van der Waals surface area contributed by atoms with Crippen LogP contribution in [0.15, 0.2) is 30.9 Å². The highest BCUT2D eigenvalue weighted by Gasteiger charge is 2.12. The molecule has 0 radical (unpaired) electrons. The molecule has 0 spiro atoms. The number of aliphatic hydroxyl groups excluding tert-OH is 1. The van der Waals surface area contributed by atoms with E-state index in [1.807, 2.05) is 31.2 Å². The van der Waals surface area contributed by atoms with Gasteiger partial charge in [-0.05, 0) is 37.8 Å². The minimum absolute atomic E-state index is 0.449. The van der Waals surface area contributed by atoms with E-state index in [1.165, 1.54) is 0 Å². The smallest absolute Gasteiger partial charge is 0.124 e. The van der Waals surface area contributed by atoms with Crippen molar-refractivity contribution < 1.29 is 9.84 Å².